The number of hydrogen-bond donors (Lipinski definition) is 2. The van der Waals surface area contributed by atoms with Gasteiger partial charge in [-0.25, -0.2) is 4.39 Å². The minimum Gasteiger partial charge on any atom is -0.373 e. The van der Waals surface area contributed by atoms with Crippen LogP contribution in [-0.4, -0.2) is 65.4 Å². The number of carbonyl (C=O) groups excluding carboxylic acids is 2. The number of fused-ring (bicyclic) bond motifs is 1. The summed E-state index contributed by atoms with van der Waals surface area (Å²) in [6.45, 7) is 8.25. The predicted molar refractivity (Wildman–Crippen MR) is 115 cm³/mol. The Labute approximate surface area is 178 Å². The Morgan fingerprint density at radius 3 is 2.73 bits per heavy atom. The number of amides is 2. The maximum atomic E-state index is 14.1. The topological polar surface area (TPSA) is 64.7 Å². The first-order valence-electron chi connectivity index (χ1n) is 11.2. The second-order valence-electron chi connectivity index (χ2n) is 9.20. The highest BCUT2D eigenvalue weighted by atomic mass is 19.1. The average molecular weight is 417 g/mol. The highest BCUT2D eigenvalue weighted by Gasteiger charge is 2.35. The van der Waals surface area contributed by atoms with Crippen molar-refractivity contribution in [2.24, 2.45) is 0 Å². The average Bonchev–Trinajstić information content (AvgIpc) is 3.18. The standard InChI is InChI=1S/C23H33FN4O2/c1-14-7-8-20(24)19-12-21(26-22(14)19)23(30)25-17-5-4-6-18(11-17)27-9-10-28(16(3)29)15(2)13-27/h7-8,15,17-18,21,26H,4-6,9-13H2,1-3H3,(H,25,30)/t15-,17+,18-,21?/m0/s1. The zero-order valence-corrected chi connectivity index (χ0v) is 18.2. The Morgan fingerprint density at radius 1 is 1.23 bits per heavy atom. The smallest absolute Gasteiger partial charge is 0.243 e. The number of nitrogens with one attached hydrogen (secondary N) is 2. The van der Waals surface area contributed by atoms with Crippen molar-refractivity contribution >= 4 is 17.5 Å². The lowest BCUT2D eigenvalue weighted by atomic mass is 9.89. The van der Waals surface area contributed by atoms with Gasteiger partial charge in [-0.2, -0.15) is 0 Å². The van der Waals surface area contributed by atoms with Gasteiger partial charge in [-0.1, -0.05) is 6.07 Å². The van der Waals surface area contributed by atoms with Crippen molar-refractivity contribution < 1.29 is 14.0 Å². The van der Waals surface area contributed by atoms with Gasteiger partial charge in [0.2, 0.25) is 11.8 Å². The number of halogens is 1. The van der Waals surface area contributed by atoms with Crippen molar-refractivity contribution in [1.82, 2.24) is 15.1 Å². The molecular formula is C23H33FN4O2. The Hall–Kier alpha value is -2.15. The van der Waals surface area contributed by atoms with E-state index >= 15 is 0 Å². The summed E-state index contributed by atoms with van der Waals surface area (Å²) in [6, 6.07) is 3.64. The molecule has 1 saturated heterocycles. The third-order valence-electron chi connectivity index (χ3n) is 7.08. The highest BCUT2D eigenvalue weighted by Crippen LogP contribution is 2.32. The Bertz CT molecular complexity index is 799. The molecule has 164 valence electrons. The lowest BCUT2D eigenvalue weighted by Crippen LogP contribution is -2.58. The van der Waals surface area contributed by atoms with E-state index < -0.39 is 6.04 Å². The lowest BCUT2D eigenvalue weighted by Gasteiger charge is -2.45. The number of benzene rings is 1. The van der Waals surface area contributed by atoms with E-state index in [1.54, 1.807) is 13.0 Å². The van der Waals surface area contributed by atoms with E-state index in [9.17, 15) is 14.0 Å². The molecule has 3 aliphatic rings. The predicted octanol–water partition coefficient (Wildman–Crippen LogP) is 2.45. The molecule has 4 rings (SSSR count). The molecule has 2 aliphatic heterocycles. The highest BCUT2D eigenvalue weighted by molar-refractivity contribution is 5.88. The summed E-state index contributed by atoms with van der Waals surface area (Å²) in [6.07, 6.45) is 4.54. The molecule has 30 heavy (non-hydrogen) atoms. The fourth-order valence-corrected chi connectivity index (χ4v) is 5.44. The summed E-state index contributed by atoms with van der Waals surface area (Å²) in [5.41, 5.74) is 2.36. The van der Waals surface area contributed by atoms with Crippen LogP contribution in [0.1, 0.15) is 50.7 Å². The van der Waals surface area contributed by atoms with Crippen molar-refractivity contribution in [2.75, 3.05) is 25.0 Å². The molecule has 6 nitrogen and oxygen atoms in total. The van der Waals surface area contributed by atoms with E-state index in [0.717, 1.165) is 56.6 Å². The Balaban J connectivity index is 1.33. The molecule has 1 unspecified atom stereocenters. The molecule has 2 N–H and O–H groups in total. The quantitative estimate of drug-likeness (QED) is 0.795. The number of hydrogen-bond acceptors (Lipinski definition) is 4. The zero-order valence-electron chi connectivity index (χ0n) is 18.2. The van der Waals surface area contributed by atoms with Crippen LogP contribution < -0.4 is 10.6 Å². The van der Waals surface area contributed by atoms with Crippen molar-refractivity contribution in [3.05, 3.63) is 29.1 Å². The van der Waals surface area contributed by atoms with Crippen LogP contribution in [0, 0.1) is 12.7 Å². The van der Waals surface area contributed by atoms with E-state index in [1.165, 1.54) is 6.07 Å². The summed E-state index contributed by atoms with van der Waals surface area (Å²) < 4.78 is 14.1. The SMILES string of the molecule is CC(=O)N1CCN([C@H]2CCC[C@@H](NC(=O)C3Cc4c(F)ccc(C)c4N3)C2)C[C@@H]1C. The van der Waals surface area contributed by atoms with Gasteiger partial charge in [-0.05, 0) is 51.2 Å². The summed E-state index contributed by atoms with van der Waals surface area (Å²) in [5, 5.41) is 6.46. The van der Waals surface area contributed by atoms with Gasteiger partial charge in [0.25, 0.3) is 0 Å². The minimum atomic E-state index is -0.407. The number of rotatable bonds is 3. The lowest BCUT2D eigenvalue weighted by molar-refractivity contribution is -0.134. The first-order chi connectivity index (χ1) is 14.3. The number of carbonyl (C=O) groups is 2. The normalized spacial score (nSPS) is 29.3. The van der Waals surface area contributed by atoms with Gasteiger partial charge in [0.15, 0.2) is 0 Å². The molecule has 0 bridgehead atoms. The van der Waals surface area contributed by atoms with Crippen LogP contribution in [0.2, 0.25) is 0 Å². The van der Waals surface area contributed by atoms with Gasteiger partial charge in [-0.3, -0.25) is 14.5 Å². The van der Waals surface area contributed by atoms with Crippen molar-refractivity contribution in [2.45, 2.75) is 77.0 Å². The van der Waals surface area contributed by atoms with Crippen LogP contribution in [0.25, 0.3) is 0 Å². The van der Waals surface area contributed by atoms with E-state index in [0.29, 0.717) is 18.0 Å². The van der Waals surface area contributed by atoms with Crippen LogP contribution in [0.5, 0.6) is 0 Å². The third-order valence-corrected chi connectivity index (χ3v) is 7.08. The second kappa shape index (κ2) is 8.53. The Morgan fingerprint density at radius 2 is 2.03 bits per heavy atom. The number of aryl methyl sites for hydroxylation is 1. The fraction of sp³-hybridized carbons (Fsp3) is 0.652. The van der Waals surface area contributed by atoms with Gasteiger partial charge in [0.1, 0.15) is 11.9 Å². The molecule has 7 heteroatoms. The van der Waals surface area contributed by atoms with Crippen molar-refractivity contribution in [1.29, 1.82) is 0 Å². The van der Waals surface area contributed by atoms with Crippen LogP contribution in [0.4, 0.5) is 10.1 Å². The summed E-state index contributed by atoms with van der Waals surface area (Å²) in [4.78, 5) is 29.1. The largest absolute Gasteiger partial charge is 0.373 e. The maximum absolute atomic E-state index is 14.1. The van der Waals surface area contributed by atoms with Gasteiger partial charge in [0.05, 0.1) is 0 Å². The molecule has 0 aromatic heterocycles. The van der Waals surface area contributed by atoms with Crippen molar-refractivity contribution in [3.8, 4) is 0 Å². The minimum absolute atomic E-state index is 0.0367. The van der Waals surface area contributed by atoms with Crippen LogP contribution in [-0.2, 0) is 16.0 Å². The molecule has 2 amide bonds. The van der Waals surface area contributed by atoms with E-state index in [4.69, 9.17) is 0 Å². The molecule has 0 spiro atoms. The molecule has 0 radical (unpaired) electrons. The van der Waals surface area contributed by atoms with Crippen LogP contribution in [0.15, 0.2) is 12.1 Å². The summed E-state index contributed by atoms with van der Waals surface area (Å²) in [7, 11) is 0. The Kier molecular flexibility index (Phi) is 6.00. The van der Waals surface area contributed by atoms with Crippen LogP contribution >= 0.6 is 0 Å². The van der Waals surface area contributed by atoms with Gasteiger partial charge < -0.3 is 15.5 Å². The maximum Gasteiger partial charge on any atom is 0.243 e. The van der Waals surface area contributed by atoms with E-state index in [1.807, 2.05) is 11.8 Å². The molecule has 2 fully saturated rings. The fourth-order valence-electron chi connectivity index (χ4n) is 5.44. The van der Waals surface area contributed by atoms with Crippen LogP contribution in [0.3, 0.4) is 0 Å². The van der Waals surface area contributed by atoms with Gasteiger partial charge >= 0.3 is 0 Å². The second-order valence-corrected chi connectivity index (χ2v) is 9.20. The molecule has 1 saturated carbocycles. The van der Waals surface area contributed by atoms with Gasteiger partial charge in [0, 0.05) is 62.4 Å². The first kappa shape index (κ1) is 21.1. The number of piperazine rings is 1. The molecule has 1 aliphatic carbocycles. The molecule has 2 heterocycles. The summed E-state index contributed by atoms with van der Waals surface area (Å²) >= 11 is 0. The third kappa shape index (κ3) is 4.17. The monoisotopic (exact) mass is 416 g/mol. The molecule has 1 aromatic carbocycles. The van der Waals surface area contributed by atoms with Crippen molar-refractivity contribution in [3.63, 3.8) is 0 Å². The number of nitrogens with zero attached hydrogens (tertiary/aromatic N) is 2. The van der Waals surface area contributed by atoms with Gasteiger partial charge in [-0.15, -0.1) is 0 Å². The van der Waals surface area contributed by atoms with E-state index in [2.05, 4.69) is 22.5 Å². The first-order valence-corrected chi connectivity index (χ1v) is 11.2. The summed E-state index contributed by atoms with van der Waals surface area (Å²) in [5.74, 6) is -0.131. The molecular weight excluding hydrogens is 383 g/mol. The molecule has 1 aromatic rings. The zero-order chi connectivity index (χ0) is 21.4. The number of anilines is 1. The van der Waals surface area contributed by atoms with E-state index in [-0.39, 0.29) is 29.7 Å². The molecule has 4 atom stereocenters.